The third-order valence-corrected chi connectivity index (χ3v) is 5.29. The van der Waals surface area contributed by atoms with E-state index in [1.807, 2.05) is 0 Å². The van der Waals surface area contributed by atoms with Crippen molar-refractivity contribution >= 4 is 23.1 Å². The number of benzene rings is 2. The molecule has 0 bridgehead atoms. The number of nitrogens with one attached hydrogen (secondary N) is 2. The second-order valence-corrected chi connectivity index (χ2v) is 7.61. The second-order valence-electron chi connectivity index (χ2n) is 7.61. The molecule has 0 spiro atoms. The topological polar surface area (TPSA) is 115 Å². The lowest BCUT2D eigenvalue weighted by Gasteiger charge is -2.14. The van der Waals surface area contributed by atoms with E-state index in [2.05, 4.69) is 22.7 Å². The number of halogens is 1. The van der Waals surface area contributed by atoms with Gasteiger partial charge in [0.05, 0.1) is 23.0 Å². The minimum absolute atomic E-state index is 0. The van der Waals surface area contributed by atoms with Crippen LogP contribution >= 0.6 is 0 Å². The first-order chi connectivity index (χ1) is 14.9. The predicted octanol–water partition coefficient (Wildman–Crippen LogP) is 4.68. The van der Waals surface area contributed by atoms with Gasteiger partial charge in [0.2, 0.25) is 0 Å². The molecule has 0 unspecified atom stereocenters. The number of amides is 1. The molecule has 164 valence electrons. The van der Waals surface area contributed by atoms with Crippen LogP contribution in [0.5, 0.6) is 5.75 Å². The molecule has 7 nitrogen and oxygen atoms in total. The highest BCUT2D eigenvalue weighted by Crippen LogP contribution is 2.34. The van der Waals surface area contributed by atoms with Crippen molar-refractivity contribution in [1.82, 2.24) is 4.98 Å². The molecule has 0 radical (unpaired) electrons. The molecule has 1 heterocycles. The first-order valence-electron chi connectivity index (χ1n) is 10.1. The summed E-state index contributed by atoms with van der Waals surface area (Å²) in [5, 5.41) is 2.72. The molecule has 1 atom stereocenters. The third-order valence-electron chi connectivity index (χ3n) is 5.29. The molecule has 1 saturated carbocycles. The van der Waals surface area contributed by atoms with Crippen LogP contribution in [0.15, 0.2) is 54.6 Å². The Morgan fingerprint density at radius 3 is 2.61 bits per heavy atom. The van der Waals surface area contributed by atoms with Crippen molar-refractivity contribution in [2.24, 2.45) is 11.8 Å². The number of carbonyl (C=O) groups is 1. The van der Waals surface area contributed by atoms with E-state index in [0.717, 1.165) is 5.75 Å². The summed E-state index contributed by atoms with van der Waals surface area (Å²) in [6.45, 7) is 2.06. The van der Waals surface area contributed by atoms with Gasteiger partial charge in [0.15, 0.2) is 5.82 Å². The van der Waals surface area contributed by atoms with Crippen LogP contribution in [0.4, 0.5) is 21.6 Å². The van der Waals surface area contributed by atoms with Crippen molar-refractivity contribution in [3.63, 3.8) is 0 Å². The van der Waals surface area contributed by atoms with Gasteiger partial charge in [0, 0.05) is 14.1 Å². The minimum atomic E-state index is -0.632. The van der Waals surface area contributed by atoms with Crippen LogP contribution in [-0.4, -0.2) is 17.0 Å². The third kappa shape index (κ3) is 4.75. The largest absolute Gasteiger partial charge is 0.490 e. The van der Waals surface area contributed by atoms with Crippen LogP contribution in [0.25, 0.3) is 11.3 Å². The zero-order valence-electron chi connectivity index (χ0n) is 17.1. The maximum Gasteiger partial charge on any atom is 0.258 e. The fraction of sp³-hybridized carbons (Fsp3) is 0.217. The predicted molar refractivity (Wildman–Crippen MR) is 123 cm³/mol. The van der Waals surface area contributed by atoms with Crippen LogP contribution < -0.4 is 27.1 Å². The molecule has 4 rings (SSSR count). The second kappa shape index (κ2) is 8.61. The highest BCUT2D eigenvalue weighted by Gasteiger charge is 2.29. The van der Waals surface area contributed by atoms with Gasteiger partial charge < -0.3 is 21.2 Å². The average molecular weight is 426 g/mol. The van der Waals surface area contributed by atoms with Crippen molar-refractivity contribution < 1.29 is 16.8 Å². The Labute approximate surface area is 182 Å². The lowest BCUT2D eigenvalue weighted by Crippen LogP contribution is -2.15. The minimum Gasteiger partial charge on any atom is -0.490 e. The molecule has 3 aromatic rings. The molecule has 1 aliphatic carbocycles. The van der Waals surface area contributed by atoms with E-state index < -0.39 is 11.7 Å². The van der Waals surface area contributed by atoms with Gasteiger partial charge in [-0.05, 0) is 80.3 Å². The number of nitrogens with two attached hydrogens (primary N) is 2. The van der Waals surface area contributed by atoms with Crippen LogP contribution in [0, 0.1) is 11.7 Å². The molecular weight excluding hydrogens is 397 g/mol. The zero-order valence-corrected chi connectivity index (χ0v) is 17.1. The lowest BCUT2D eigenvalue weighted by molar-refractivity contribution is 0.102. The molecule has 2 aromatic carbocycles. The standard InChI is InChI=1S/C23H24FN5O2.2H2/c1-13(14-2-3-14)31-17-7-5-16(6-8-17)27-23(30)18-12-15(4-9-19(18)24)21-11-10-20(25)22(28-21)29-26;;/h4-14H,2-3,25-26H2,1H3,(H,27,30)(H,28,29);2*1H/t13-;;/m1../s1. The number of hydrogen-bond donors (Lipinski definition) is 4. The number of carbonyl (C=O) groups excluding carboxylic acids is 1. The molecule has 0 aliphatic heterocycles. The van der Waals surface area contributed by atoms with Gasteiger partial charge in [-0.25, -0.2) is 15.2 Å². The Morgan fingerprint density at radius 1 is 1.19 bits per heavy atom. The lowest BCUT2D eigenvalue weighted by atomic mass is 10.1. The van der Waals surface area contributed by atoms with Crippen LogP contribution in [0.1, 0.15) is 33.0 Å². The van der Waals surface area contributed by atoms with E-state index in [-0.39, 0.29) is 14.5 Å². The summed E-state index contributed by atoms with van der Waals surface area (Å²) in [7, 11) is 0. The molecule has 1 fully saturated rings. The van der Waals surface area contributed by atoms with Gasteiger partial charge in [0.1, 0.15) is 11.6 Å². The van der Waals surface area contributed by atoms with Crippen molar-refractivity contribution in [3.05, 3.63) is 66.0 Å². The van der Waals surface area contributed by atoms with Gasteiger partial charge >= 0.3 is 0 Å². The van der Waals surface area contributed by atoms with Gasteiger partial charge in [-0.1, -0.05) is 0 Å². The summed E-state index contributed by atoms with van der Waals surface area (Å²) < 4.78 is 20.3. The number of aromatic nitrogens is 1. The molecule has 0 saturated heterocycles. The van der Waals surface area contributed by atoms with E-state index in [0.29, 0.717) is 34.4 Å². The number of pyridine rings is 1. The first-order valence-corrected chi connectivity index (χ1v) is 10.1. The molecular formula is C23H28FN5O2. The van der Waals surface area contributed by atoms with E-state index in [4.69, 9.17) is 16.3 Å². The van der Waals surface area contributed by atoms with E-state index in [9.17, 15) is 9.18 Å². The van der Waals surface area contributed by atoms with E-state index >= 15 is 0 Å². The van der Waals surface area contributed by atoms with Crippen molar-refractivity contribution in [2.75, 3.05) is 16.5 Å². The Hall–Kier alpha value is -3.65. The summed E-state index contributed by atoms with van der Waals surface area (Å²) >= 11 is 0. The van der Waals surface area contributed by atoms with E-state index in [1.165, 1.54) is 31.0 Å². The average Bonchev–Trinajstić information content (AvgIpc) is 3.61. The smallest absolute Gasteiger partial charge is 0.258 e. The van der Waals surface area contributed by atoms with Crippen LogP contribution in [0.3, 0.4) is 0 Å². The fourth-order valence-electron chi connectivity index (χ4n) is 3.30. The summed E-state index contributed by atoms with van der Waals surface area (Å²) in [4.78, 5) is 17.0. The summed E-state index contributed by atoms with van der Waals surface area (Å²) in [6, 6.07) is 14.6. The quantitative estimate of drug-likeness (QED) is 0.323. The Balaban J connectivity index is 0.00000193. The van der Waals surface area contributed by atoms with Gasteiger partial charge in [0.25, 0.3) is 5.91 Å². The number of rotatable bonds is 7. The van der Waals surface area contributed by atoms with Gasteiger partial charge in [-0.15, -0.1) is 0 Å². The zero-order chi connectivity index (χ0) is 22.0. The summed E-state index contributed by atoms with van der Waals surface area (Å²) in [5.41, 5.74) is 10.1. The number of nitrogen functional groups attached to an aromatic ring is 2. The normalized spacial score (nSPS) is 14.0. The molecule has 8 heteroatoms. The molecule has 6 N–H and O–H groups in total. The number of hydrogen-bond acceptors (Lipinski definition) is 6. The summed E-state index contributed by atoms with van der Waals surface area (Å²) in [5.74, 6) is 5.88. The maximum atomic E-state index is 14.4. The van der Waals surface area contributed by atoms with Crippen LogP contribution in [-0.2, 0) is 0 Å². The molecule has 1 amide bonds. The maximum absolute atomic E-state index is 14.4. The van der Waals surface area contributed by atoms with Crippen molar-refractivity contribution in [2.45, 2.75) is 25.9 Å². The number of ether oxygens (including phenoxy) is 1. The monoisotopic (exact) mass is 425 g/mol. The van der Waals surface area contributed by atoms with E-state index in [1.54, 1.807) is 36.4 Å². The van der Waals surface area contributed by atoms with Gasteiger partial charge in [-0.2, -0.15) is 0 Å². The Bertz CT molecular complexity index is 1110. The molecule has 1 aliphatic rings. The Morgan fingerprint density at radius 2 is 1.94 bits per heavy atom. The number of nitrogens with zero attached hydrogens (tertiary/aromatic N) is 1. The molecule has 1 aromatic heterocycles. The Kier molecular flexibility index (Phi) is 5.73. The highest BCUT2D eigenvalue weighted by atomic mass is 19.1. The van der Waals surface area contributed by atoms with Crippen LogP contribution in [0.2, 0.25) is 0 Å². The number of hydrazine groups is 1. The summed E-state index contributed by atoms with van der Waals surface area (Å²) in [6.07, 6.45) is 2.58. The SMILES string of the molecule is C[C@@H](Oc1ccc(NC(=O)c2cc(-c3ccc(N)c(NN)n3)ccc2F)cc1)C1CC1.[HH].[HH]. The van der Waals surface area contributed by atoms with Crippen molar-refractivity contribution in [3.8, 4) is 17.0 Å². The fourth-order valence-corrected chi connectivity index (χ4v) is 3.30. The first kappa shape index (κ1) is 20.6. The van der Waals surface area contributed by atoms with Gasteiger partial charge in [-0.3, -0.25) is 4.79 Å². The molecule has 31 heavy (non-hydrogen) atoms. The van der Waals surface area contributed by atoms with Crippen molar-refractivity contribution in [1.29, 1.82) is 0 Å². The number of anilines is 3. The highest BCUT2D eigenvalue weighted by molar-refractivity contribution is 6.05.